The summed E-state index contributed by atoms with van der Waals surface area (Å²) in [6.45, 7) is 4.34. The van der Waals surface area contributed by atoms with Crippen LogP contribution in [-0.4, -0.2) is 44.7 Å². The first kappa shape index (κ1) is 14.7. The molecule has 6 heteroatoms. The lowest BCUT2D eigenvalue weighted by atomic mass is 9.98. The zero-order valence-electron chi connectivity index (χ0n) is 11.8. The quantitative estimate of drug-likeness (QED) is 0.331. The third kappa shape index (κ3) is 3.68. The van der Waals surface area contributed by atoms with Gasteiger partial charge in [-0.1, -0.05) is 11.2 Å². The highest BCUT2D eigenvalue weighted by Gasteiger charge is 2.25. The van der Waals surface area contributed by atoms with E-state index in [0.717, 1.165) is 37.9 Å². The van der Waals surface area contributed by atoms with Crippen molar-refractivity contribution in [2.45, 2.75) is 38.3 Å². The van der Waals surface area contributed by atoms with Gasteiger partial charge in [-0.2, -0.15) is 0 Å². The average molecular weight is 278 g/mol. The van der Waals surface area contributed by atoms with Crippen molar-refractivity contribution in [2.24, 2.45) is 10.9 Å². The molecule has 1 aromatic heterocycles. The van der Waals surface area contributed by atoms with Gasteiger partial charge in [0.05, 0.1) is 5.60 Å². The minimum absolute atomic E-state index is 0.0300. The topological polar surface area (TPSA) is 95.0 Å². The van der Waals surface area contributed by atoms with Crippen LogP contribution in [0.5, 0.6) is 0 Å². The van der Waals surface area contributed by atoms with Crippen molar-refractivity contribution < 1.29 is 10.3 Å². The minimum Gasteiger partial charge on any atom is -0.409 e. The Kier molecular flexibility index (Phi) is 4.57. The smallest absolute Gasteiger partial charge is 0.189 e. The molecule has 2 rings (SSSR count). The first-order chi connectivity index (χ1) is 9.52. The summed E-state index contributed by atoms with van der Waals surface area (Å²) < 4.78 is 0. The number of nitrogens with two attached hydrogens (primary N) is 1. The molecule has 1 aromatic rings. The maximum absolute atomic E-state index is 10.1. The van der Waals surface area contributed by atoms with E-state index in [0.29, 0.717) is 12.2 Å². The van der Waals surface area contributed by atoms with Crippen LogP contribution in [-0.2, 0) is 6.54 Å². The molecule has 2 heterocycles. The fraction of sp³-hybridized carbons (Fsp3) is 0.571. The summed E-state index contributed by atoms with van der Waals surface area (Å²) in [6.07, 6.45) is 4.17. The monoisotopic (exact) mass is 278 g/mol. The fourth-order valence-electron chi connectivity index (χ4n) is 2.56. The normalized spacial score (nSPS) is 25.4. The van der Waals surface area contributed by atoms with Crippen molar-refractivity contribution in [3.05, 3.63) is 29.6 Å². The third-order valence-electron chi connectivity index (χ3n) is 3.79. The van der Waals surface area contributed by atoms with Crippen LogP contribution < -0.4 is 5.73 Å². The number of hydrogen-bond acceptors (Lipinski definition) is 5. The van der Waals surface area contributed by atoms with Gasteiger partial charge in [-0.3, -0.25) is 9.88 Å². The van der Waals surface area contributed by atoms with Crippen LogP contribution in [0.15, 0.2) is 23.5 Å². The third-order valence-corrected chi connectivity index (χ3v) is 3.79. The van der Waals surface area contributed by atoms with Crippen LogP contribution in [0.2, 0.25) is 0 Å². The lowest BCUT2D eigenvalue weighted by Gasteiger charge is -2.23. The van der Waals surface area contributed by atoms with E-state index >= 15 is 0 Å². The number of rotatable bonds is 3. The summed E-state index contributed by atoms with van der Waals surface area (Å²) in [6, 6.07) is 3.78. The van der Waals surface area contributed by atoms with Crippen molar-refractivity contribution in [1.82, 2.24) is 9.88 Å². The molecule has 1 atom stereocenters. The number of oxime groups is 1. The van der Waals surface area contributed by atoms with Crippen molar-refractivity contribution in [1.29, 1.82) is 0 Å². The molecular formula is C14H22N4O2. The molecule has 1 unspecified atom stereocenters. The summed E-state index contributed by atoms with van der Waals surface area (Å²) in [5.74, 6) is 0.0300. The number of hydrogen-bond donors (Lipinski definition) is 3. The van der Waals surface area contributed by atoms with Gasteiger partial charge in [0.1, 0.15) is 5.69 Å². The Bertz CT molecular complexity index is 488. The van der Waals surface area contributed by atoms with E-state index in [1.165, 1.54) is 0 Å². The first-order valence-corrected chi connectivity index (χ1v) is 6.88. The van der Waals surface area contributed by atoms with E-state index < -0.39 is 5.60 Å². The number of likely N-dealkylation sites (tertiary alicyclic amines) is 1. The maximum Gasteiger partial charge on any atom is 0.189 e. The lowest BCUT2D eigenvalue weighted by Crippen LogP contribution is -2.29. The number of nitrogens with zero attached hydrogens (tertiary/aromatic N) is 3. The van der Waals surface area contributed by atoms with Crippen LogP contribution >= 0.6 is 0 Å². The van der Waals surface area contributed by atoms with Gasteiger partial charge in [0.15, 0.2) is 5.84 Å². The second kappa shape index (κ2) is 6.19. The van der Waals surface area contributed by atoms with E-state index in [1.54, 1.807) is 6.20 Å². The molecule has 0 aliphatic carbocycles. The molecule has 6 nitrogen and oxygen atoms in total. The molecule has 1 saturated heterocycles. The molecule has 110 valence electrons. The van der Waals surface area contributed by atoms with E-state index in [2.05, 4.69) is 15.0 Å². The maximum atomic E-state index is 10.1. The minimum atomic E-state index is -0.571. The molecule has 1 aliphatic heterocycles. The van der Waals surface area contributed by atoms with E-state index in [1.807, 2.05) is 19.1 Å². The molecule has 0 saturated carbocycles. The molecule has 0 spiro atoms. The molecule has 20 heavy (non-hydrogen) atoms. The van der Waals surface area contributed by atoms with Gasteiger partial charge in [0, 0.05) is 19.3 Å². The van der Waals surface area contributed by atoms with Crippen LogP contribution in [0.25, 0.3) is 0 Å². The summed E-state index contributed by atoms with van der Waals surface area (Å²) in [7, 11) is 0. The highest BCUT2D eigenvalue weighted by Crippen LogP contribution is 2.22. The highest BCUT2D eigenvalue weighted by molar-refractivity contribution is 5.96. The number of aromatic nitrogens is 1. The Labute approximate surface area is 118 Å². The second-order valence-electron chi connectivity index (χ2n) is 5.62. The summed E-state index contributed by atoms with van der Waals surface area (Å²) >= 11 is 0. The van der Waals surface area contributed by atoms with Gasteiger partial charge >= 0.3 is 0 Å². The summed E-state index contributed by atoms with van der Waals surface area (Å²) in [5, 5.41) is 21.9. The zero-order chi connectivity index (χ0) is 14.6. The van der Waals surface area contributed by atoms with Crippen molar-refractivity contribution in [3.63, 3.8) is 0 Å². The number of aliphatic hydroxyl groups is 1. The largest absolute Gasteiger partial charge is 0.409 e. The van der Waals surface area contributed by atoms with Gasteiger partial charge in [-0.15, -0.1) is 0 Å². The van der Waals surface area contributed by atoms with E-state index in [-0.39, 0.29) is 5.84 Å². The van der Waals surface area contributed by atoms with Gasteiger partial charge in [-0.25, -0.2) is 0 Å². The molecule has 4 N–H and O–H groups in total. The molecule has 1 aliphatic rings. The first-order valence-electron chi connectivity index (χ1n) is 6.88. The molecule has 0 amide bonds. The summed E-state index contributed by atoms with van der Waals surface area (Å²) in [4.78, 5) is 6.45. The van der Waals surface area contributed by atoms with E-state index in [4.69, 9.17) is 10.9 Å². The van der Waals surface area contributed by atoms with Crippen molar-refractivity contribution >= 4 is 5.84 Å². The number of amidine groups is 1. The second-order valence-corrected chi connectivity index (χ2v) is 5.62. The Morgan fingerprint density at radius 1 is 1.50 bits per heavy atom. The Morgan fingerprint density at radius 3 is 3.05 bits per heavy atom. The SMILES string of the molecule is CC1(O)CCCN(Cc2cccnc2/C(N)=N/O)CC1. The Morgan fingerprint density at radius 2 is 2.30 bits per heavy atom. The van der Waals surface area contributed by atoms with Gasteiger partial charge in [-0.05, 0) is 44.4 Å². The zero-order valence-corrected chi connectivity index (χ0v) is 11.8. The molecule has 1 fully saturated rings. The van der Waals surface area contributed by atoms with Crippen LogP contribution in [0, 0.1) is 0 Å². The van der Waals surface area contributed by atoms with Crippen LogP contribution in [0.1, 0.15) is 37.4 Å². The molecule has 0 bridgehead atoms. The van der Waals surface area contributed by atoms with Crippen molar-refractivity contribution in [2.75, 3.05) is 13.1 Å². The average Bonchev–Trinajstić information content (AvgIpc) is 2.60. The van der Waals surface area contributed by atoms with Crippen LogP contribution in [0.3, 0.4) is 0 Å². The molecule has 0 aromatic carbocycles. The molecule has 0 radical (unpaired) electrons. The van der Waals surface area contributed by atoms with Gasteiger partial charge in [0.2, 0.25) is 0 Å². The predicted molar refractivity (Wildman–Crippen MR) is 76.5 cm³/mol. The fourth-order valence-corrected chi connectivity index (χ4v) is 2.56. The summed E-state index contributed by atoms with van der Waals surface area (Å²) in [5.41, 5.74) is 6.54. The molecular weight excluding hydrogens is 256 g/mol. The Hall–Kier alpha value is -1.66. The standard InChI is InChI=1S/C14H22N4O2/c1-14(19)5-3-8-18(9-6-14)10-11-4-2-7-16-12(11)13(15)17-20/h2,4,7,19-20H,3,5-6,8-10H2,1H3,(H2,15,17). The predicted octanol–water partition coefficient (Wildman–Crippen LogP) is 0.913. The lowest BCUT2D eigenvalue weighted by molar-refractivity contribution is 0.0444. The van der Waals surface area contributed by atoms with Crippen LogP contribution in [0.4, 0.5) is 0 Å². The highest BCUT2D eigenvalue weighted by atomic mass is 16.4. The van der Waals surface area contributed by atoms with Gasteiger partial charge < -0.3 is 16.0 Å². The van der Waals surface area contributed by atoms with Gasteiger partial charge in [0.25, 0.3) is 0 Å². The number of pyridine rings is 1. The Balaban J connectivity index is 2.10. The van der Waals surface area contributed by atoms with Crippen molar-refractivity contribution in [3.8, 4) is 0 Å². The van der Waals surface area contributed by atoms with E-state index in [9.17, 15) is 5.11 Å².